The molecule has 0 saturated heterocycles. The maximum absolute atomic E-state index is 12.4. The summed E-state index contributed by atoms with van der Waals surface area (Å²) in [5.74, 6) is 0.763. The van der Waals surface area contributed by atoms with Gasteiger partial charge in [-0.05, 0) is 43.9 Å². The summed E-state index contributed by atoms with van der Waals surface area (Å²) in [6.45, 7) is 3.98. The molecule has 2 N–H and O–H groups in total. The molecule has 6 heteroatoms. The van der Waals surface area contributed by atoms with E-state index < -0.39 is 0 Å². The van der Waals surface area contributed by atoms with Crippen LogP contribution in [0.15, 0.2) is 29.4 Å². The van der Waals surface area contributed by atoms with E-state index in [4.69, 9.17) is 0 Å². The van der Waals surface area contributed by atoms with Crippen LogP contribution in [0.2, 0.25) is 0 Å². The van der Waals surface area contributed by atoms with Crippen LogP contribution in [0.5, 0.6) is 0 Å². The molecule has 1 unspecified atom stereocenters. The Morgan fingerprint density at radius 1 is 1.27 bits per heavy atom. The van der Waals surface area contributed by atoms with Crippen LogP contribution in [0.3, 0.4) is 0 Å². The Morgan fingerprint density at radius 2 is 2.04 bits per heavy atom. The molecule has 0 radical (unpaired) electrons. The number of carbonyl (C=O) groups is 1. The highest BCUT2D eigenvalue weighted by Gasteiger charge is 2.21. The van der Waals surface area contributed by atoms with Crippen LogP contribution in [0.4, 0.5) is 0 Å². The first kappa shape index (κ1) is 18.7. The van der Waals surface area contributed by atoms with Crippen molar-refractivity contribution < 1.29 is 4.79 Å². The number of nitrogens with one attached hydrogen (secondary N) is 2. The number of carbonyl (C=O) groups excluding carboxylic acids is 1. The highest BCUT2D eigenvalue weighted by molar-refractivity contribution is 8.00. The maximum Gasteiger partial charge on any atom is 0.233 e. The summed E-state index contributed by atoms with van der Waals surface area (Å²) >= 11 is 1.39. The smallest absolute Gasteiger partial charge is 0.233 e. The van der Waals surface area contributed by atoms with Crippen LogP contribution >= 0.6 is 11.8 Å². The summed E-state index contributed by atoms with van der Waals surface area (Å²) in [7, 11) is 0. The number of aryl methyl sites for hydroxylation is 1. The number of benzene rings is 1. The third-order valence-electron chi connectivity index (χ3n) is 4.69. The predicted molar refractivity (Wildman–Crippen MR) is 107 cm³/mol. The van der Waals surface area contributed by atoms with Gasteiger partial charge in [0.05, 0.1) is 5.25 Å². The number of nitrogens with zero attached hydrogens (tertiary/aromatic N) is 2. The van der Waals surface area contributed by atoms with Crippen molar-refractivity contribution in [1.29, 1.82) is 0 Å². The van der Waals surface area contributed by atoms with Crippen molar-refractivity contribution in [3.63, 3.8) is 0 Å². The number of amides is 1. The van der Waals surface area contributed by atoms with Gasteiger partial charge in [0.2, 0.25) is 11.1 Å². The second-order valence-electron chi connectivity index (χ2n) is 6.80. The minimum Gasteiger partial charge on any atom is -0.352 e. The van der Waals surface area contributed by atoms with Gasteiger partial charge in [0.15, 0.2) is 0 Å². The summed E-state index contributed by atoms with van der Waals surface area (Å²) in [6, 6.07) is 8.51. The minimum absolute atomic E-state index is 0.0729. The highest BCUT2D eigenvalue weighted by Crippen LogP contribution is 2.22. The molecule has 0 spiro atoms. The molecule has 1 aromatic carbocycles. The summed E-state index contributed by atoms with van der Waals surface area (Å²) in [5, 5.41) is 10.7. The van der Waals surface area contributed by atoms with E-state index in [-0.39, 0.29) is 11.2 Å². The Labute approximate surface area is 159 Å². The van der Waals surface area contributed by atoms with Crippen LogP contribution in [0.25, 0.3) is 12.2 Å². The van der Waals surface area contributed by atoms with Crippen molar-refractivity contribution in [1.82, 2.24) is 20.5 Å². The van der Waals surface area contributed by atoms with Gasteiger partial charge in [0, 0.05) is 6.04 Å². The predicted octanol–water partition coefficient (Wildman–Crippen LogP) is 4.21. The molecule has 1 atom stereocenters. The Morgan fingerprint density at radius 3 is 2.81 bits per heavy atom. The van der Waals surface area contributed by atoms with Gasteiger partial charge in [-0.1, -0.05) is 61.4 Å². The number of thioether (sulfide) groups is 1. The summed E-state index contributed by atoms with van der Waals surface area (Å²) < 4.78 is 0. The van der Waals surface area contributed by atoms with Gasteiger partial charge in [0.1, 0.15) is 5.82 Å². The molecule has 1 heterocycles. The van der Waals surface area contributed by atoms with Gasteiger partial charge in [0.25, 0.3) is 0 Å². The summed E-state index contributed by atoms with van der Waals surface area (Å²) in [5.41, 5.74) is 2.37. The van der Waals surface area contributed by atoms with Crippen molar-refractivity contribution in [3.8, 4) is 0 Å². The fourth-order valence-corrected chi connectivity index (χ4v) is 3.85. The monoisotopic (exact) mass is 370 g/mol. The normalized spacial score (nSPS) is 16.7. The molecule has 1 aromatic heterocycles. The molecule has 138 valence electrons. The fraction of sp³-hybridized carbons (Fsp3) is 0.450. The van der Waals surface area contributed by atoms with Crippen LogP contribution in [0.1, 0.15) is 56.0 Å². The lowest BCUT2D eigenvalue weighted by molar-refractivity contribution is -0.121. The molecule has 1 saturated carbocycles. The minimum atomic E-state index is -0.207. The van der Waals surface area contributed by atoms with Crippen LogP contribution in [-0.2, 0) is 4.79 Å². The van der Waals surface area contributed by atoms with Crippen LogP contribution in [0, 0.1) is 6.92 Å². The number of hydrogen-bond acceptors (Lipinski definition) is 4. The maximum atomic E-state index is 12.4. The molecule has 2 aromatic rings. The largest absolute Gasteiger partial charge is 0.352 e. The average Bonchev–Trinajstić information content (AvgIpc) is 3.09. The number of rotatable bonds is 6. The van der Waals surface area contributed by atoms with Crippen LogP contribution in [-0.4, -0.2) is 32.4 Å². The van der Waals surface area contributed by atoms with Crippen molar-refractivity contribution >= 4 is 29.8 Å². The second-order valence-corrected chi connectivity index (χ2v) is 8.10. The lowest BCUT2D eigenvalue weighted by Crippen LogP contribution is -2.40. The molecule has 26 heavy (non-hydrogen) atoms. The highest BCUT2D eigenvalue weighted by atomic mass is 32.2. The quantitative estimate of drug-likeness (QED) is 0.747. The van der Waals surface area contributed by atoms with Crippen molar-refractivity contribution in [2.75, 3.05) is 0 Å². The zero-order valence-corrected chi connectivity index (χ0v) is 16.2. The van der Waals surface area contributed by atoms with E-state index in [9.17, 15) is 4.79 Å². The molecule has 3 rings (SSSR count). The van der Waals surface area contributed by atoms with E-state index >= 15 is 0 Å². The Balaban J connectivity index is 1.54. The molecule has 1 aliphatic carbocycles. The van der Waals surface area contributed by atoms with Crippen molar-refractivity contribution in [3.05, 3.63) is 41.2 Å². The Bertz CT molecular complexity index is 765. The zero-order valence-electron chi connectivity index (χ0n) is 15.4. The topological polar surface area (TPSA) is 70.7 Å². The molecule has 1 fully saturated rings. The first-order valence-electron chi connectivity index (χ1n) is 9.25. The van der Waals surface area contributed by atoms with E-state index in [0.29, 0.717) is 17.0 Å². The molecule has 5 nitrogen and oxygen atoms in total. The Hall–Kier alpha value is -2.08. The number of hydrogen-bond donors (Lipinski definition) is 2. The van der Waals surface area contributed by atoms with E-state index in [1.165, 1.54) is 36.6 Å². The summed E-state index contributed by atoms with van der Waals surface area (Å²) in [6.07, 6.45) is 9.82. The third-order valence-corrected chi connectivity index (χ3v) is 5.66. The zero-order chi connectivity index (χ0) is 18.4. The SMILES string of the molecule is Cc1ccccc1C=Cc1nc(SC(C)C(=O)NC2CCCCC2)n[nH]1. The third kappa shape index (κ3) is 5.21. The van der Waals surface area contributed by atoms with Gasteiger partial charge < -0.3 is 5.32 Å². The fourth-order valence-electron chi connectivity index (χ4n) is 3.10. The number of aromatic amines is 1. The second kappa shape index (κ2) is 9.03. The van der Waals surface area contributed by atoms with Crippen molar-refractivity contribution in [2.24, 2.45) is 0 Å². The van der Waals surface area contributed by atoms with Gasteiger partial charge in [-0.25, -0.2) is 4.98 Å². The summed E-state index contributed by atoms with van der Waals surface area (Å²) in [4.78, 5) is 16.8. The van der Waals surface area contributed by atoms with Gasteiger partial charge in [-0.15, -0.1) is 5.10 Å². The molecule has 0 aliphatic heterocycles. The van der Waals surface area contributed by atoms with E-state index in [1.54, 1.807) is 0 Å². The molecular formula is C20H26N4OS. The molecule has 1 amide bonds. The lowest BCUT2D eigenvalue weighted by Gasteiger charge is -2.24. The first-order chi connectivity index (χ1) is 12.6. The van der Waals surface area contributed by atoms with E-state index in [0.717, 1.165) is 18.4 Å². The van der Waals surface area contributed by atoms with Crippen LogP contribution < -0.4 is 5.32 Å². The standard InChI is InChI=1S/C20H26N4OS/c1-14-8-6-7-9-16(14)12-13-18-22-20(24-23-18)26-15(2)19(25)21-17-10-4-3-5-11-17/h6-9,12-13,15,17H,3-5,10-11H2,1-2H3,(H,21,25)(H,22,23,24). The molecular weight excluding hydrogens is 344 g/mol. The number of H-pyrrole nitrogens is 1. The van der Waals surface area contributed by atoms with Gasteiger partial charge in [-0.2, -0.15) is 0 Å². The van der Waals surface area contributed by atoms with Gasteiger partial charge >= 0.3 is 0 Å². The first-order valence-corrected chi connectivity index (χ1v) is 10.1. The number of aromatic nitrogens is 3. The van der Waals surface area contributed by atoms with E-state index in [2.05, 4.69) is 39.6 Å². The molecule has 1 aliphatic rings. The average molecular weight is 371 g/mol. The van der Waals surface area contributed by atoms with E-state index in [1.807, 2.05) is 31.2 Å². The Kier molecular flexibility index (Phi) is 6.50. The van der Waals surface area contributed by atoms with Crippen molar-refractivity contribution in [2.45, 2.75) is 62.4 Å². The van der Waals surface area contributed by atoms with Gasteiger partial charge in [-0.3, -0.25) is 9.89 Å². The molecule has 0 bridgehead atoms. The lowest BCUT2D eigenvalue weighted by atomic mass is 9.95.